The number of nitrogens with zero attached hydrogens (tertiary/aromatic N) is 2. The number of rotatable bonds is 7. The van der Waals surface area contributed by atoms with Crippen molar-refractivity contribution in [1.29, 1.82) is 0 Å². The van der Waals surface area contributed by atoms with Crippen LogP contribution in [-0.4, -0.2) is 35.6 Å². The maximum Gasteiger partial charge on any atom is 0.319 e. The molecule has 7 nitrogen and oxygen atoms in total. The van der Waals surface area contributed by atoms with E-state index in [4.69, 9.17) is 9.57 Å². The third kappa shape index (κ3) is 4.13. The molecular formula is C28H32N4O3. The van der Waals surface area contributed by atoms with Gasteiger partial charge in [0, 0.05) is 41.2 Å². The average Bonchev–Trinajstić information content (AvgIpc) is 3.43. The van der Waals surface area contributed by atoms with Crippen LogP contribution in [-0.2, 0) is 4.84 Å². The molecule has 2 saturated carbocycles. The minimum Gasteiger partial charge on any atom is -0.494 e. The first-order valence-electron chi connectivity index (χ1n) is 12.9. The van der Waals surface area contributed by atoms with Crippen LogP contribution in [0.15, 0.2) is 47.6 Å². The summed E-state index contributed by atoms with van der Waals surface area (Å²) in [7, 11) is 0. The molecule has 0 bridgehead atoms. The quantitative estimate of drug-likeness (QED) is 0.428. The van der Waals surface area contributed by atoms with E-state index < -0.39 is 0 Å². The van der Waals surface area contributed by atoms with Gasteiger partial charge in [-0.1, -0.05) is 17.3 Å². The molecule has 2 fully saturated rings. The number of oxime groups is 1. The molecule has 3 aliphatic rings. The van der Waals surface area contributed by atoms with Crippen LogP contribution in [0.25, 0.3) is 22.2 Å². The highest BCUT2D eigenvalue weighted by atomic mass is 16.6. The van der Waals surface area contributed by atoms with E-state index >= 15 is 0 Å². The normalized spacial score (nSPS) is 17.9. The Morgan fingerprint density at radius 3 is 2.54 bits per heavy atom. The standard InChI is InChI=1S/C28H32N4O3/c1-2-34-22-13-14-23-25(17-22)32(21-7-4-8-21)27(26(23)24-15-16-35-31-24)18-9-11-20(12-10-18)30-28(33)29-19-5-3-6-19/h9-14,17,19,21H,2-8,15-16H2,1H3,(H2,29,30,33). The molecule has 2 aromatic carbocycles. The molecule has 0 spiro atoms. The van der Waals surface area contributed by atoms with Crippen LogP contribution in [0.3, 0.4) is 0 Å². The lowest BCUT2D eigenvalue weighted by Crippen LogP contribution is -2.41. The molecule has 182 valence electrons. The van der Waals surface area contributed by atoms with Crippen molar-refractivity contribution in [1.82, 2.24) is 9.88 Å². The van der Waals surface area contributed by atoms with Gasteiger partial charge in [-0.25, -0.2) is 4.79 Å². The molecule has 6 rings (SSSR count). The smallest absolute Gasteiger partial charge is 0.319 e. The summed E-state index contributed by atoms with van der Waals surface area (Å²) in [6.45, 7) is 3.26. The lowest BCUT2D eigenvalue weighted by atomic mass is 9.92. The van der Waals surface area contributed by atoms with Crippen molar-refractivity contribution < 1.29 is 14.4 Å². The Kier molecular flexibility index (Phi) is 5.84. The summed E-state index contributed by atoms with van der Waals surface area (Å²) in [5.41, 5.74) is 6.40. The van der Waals surface area contributed by atoms with Crippen LogP contribution >= 0.6 is 0 Å². The number of benzene rings is 2. The third-order valence-corrected chi connectivity index (χ3v) is 7.48. The molecule has 35 heavy (non-hydrogen) atoms. The van der Waals surface area contributed by atoms with Gasteiger partial charge in [-0.15, -0.1) is 0 Å². The molecule has 2 N–H and O–H groups in total. The number of fused-ring (bicyclic) bond motifs is 1. The van der Waals surface area contributed by atoms with E-state index in [0.29, 0.717) is 25.3 Å². The maximum atomic E-state index is 12.3. The highest BCUT2D eigenvalue weighted by Gasteiger charge is 2.30. The number of carbonyl (C=O) groups excluding carboxylic acids is 1. The van der Waals surface area contributed by atoms with Gasteiger partial charge in [0.05, 0.1) is 23.5 Å². The van der Waals surface area contributed by atoms with Gasteiger partial charge in [-0.3, -0.25) is 0 Å². The van der Waals surface area contributed by atoms with Gasteiger partial charge >= 0.3 is 6.03 Å². The zero-order chi connectivity index (χ0) is 23.8. The van der Waals surface area contributed by atoms with Gasteiger partial charge in [-0.2, -0.15) is 0 Å². The summed E-state index contributed by atoms with van der Waals surface area (Å²) < 4.78 is 8.35. The Morgan fingerprint density at radius 1 is 1.11 bits per heavy atom. The van der Waals surface area contributed by atoms with Crippen LogP contribution in [0.5, 0.6) is 5.75 Å². The van der Waals surface area contributed by atoms with Gasteiger partial charge in [0.15, 0.2) is 0 Å². The van der Waals surface area contributed by atoms with Crippen LogP contribution in [0.1, 0.15) is 63.5 Å². The Morgan fingerprint density at radius 2 is 1.91 bits per heavy atom. The first-order valence-corrected chi connectivity index (χ1v) is 12.9. The number of amides is 2. The highest BCUT2D eigenvalue weighted by Crippen LogP contribution is 2.44. The fraction of sp³-hybridized carbons (Fsp3) is 0.429. The molecule has 2 heterocycles. The molecule has 0 radical (unpaired) electrons. The zero-order valence-corrected chi connectivity index (χ0v) is 20.2. The minimum atomic E-state index is -0.132. The van der Waals surface area contributed by atoms with E-state index in [2.05, 4.69) is 44.6 Å². The van der Waals surface area contributed by atoms with Crippen LogP contribution < -0.4 is 15.4 Å². The van der Waals surface area contributed by atoms with E-state index in [1.165, 1.54) is 42.3 Å². The number of carbonyl (C=O) groups is 1. The van der Waals surface area contributed by atoms with E-state index in [1.54, 1.807) is 0 Å². The van der Waals surface area contributed by atoms with Crippen molar-refractivity contribution in [2.75, 3.05) is 18.5 Å². The average molecular weight is 473 g/mol. The molecule has 2 amide bonds. The van der Waals surface area contributed by atoms with Gasteiger partial charge in [-0.05, 0) is 75.3 Å². The van der Waals surface area contributed by atoms with Crippen LogP contribution in [0.4, 0.5) is 10.5 Å². The SMILES string of the molecule is CCOc1ccc2c(C3=NOCC3)c(-c3ccc(NC(=O)NC4CCC4)cc3)n(C3CCC3)c2c1. The second-order valence-electron chi connectivity index (χ2n) is 9.72. The van der Waals surface area contributed by atoms with Crippen molar-refractivity contribution in [3.05, 3.63) is 48.0 Å². The van der Waals surface area contributed by atoms with E-state index in [0.717, 1.165) is 47.5 Å². The number of nitrogens with one attached hydrogen (secondary N) is 2. The van der Waals surface area contributed by atoms with E-state index in [1.807, 2.05) is 25.1 Å². The molecule has 0 saturated heterocycles. The van der Waals surface area contributed by atoms with Crippen molar-refractivity contribution in [2.24, 2.45) is 5.16 Å². The summed E-state index contributed by atoms with van der Waals surface area (Å²) in [6, 6.07) is 15.2. The summed E-state index contributed by atoms with van der Waals surface area (Å²) in [6.07, 6.45) is 7.70. The fourth-order valence-electron chi connectivity index (χ4n) is 5.25. The molecule has 2 aliphatic carbocycles. The largest absolute Gasteiger partial charge is 0.494 e. The van der Waals surface area contributed by atoms with Crippen LogP contribution in [0, 0.1) is 0 Å². The fourth-order valence-corrected chi connectivity index (χ4v) is 5.25. The topological polar surface area (TPSA) is 76.9 Å². The molecular weight excluding hydrogens is 440 g/mol. The van der Waals surface area contributed by atoms with Crippen molar-refractivity contribution >= 4 is 28.3 Å². The molecule has 1 aliphatic heterocycles. The number of hydrogen-bond acceptors (Lipinski definition) is 4. The van der Waals surface area contributed by atoms with Gasteiger partial charge in [0.1, 0.15) is 12.4 Å². The van der Waals surface area contributed by atoms with Crippen molar-refractivity contribution in [3.8, 4) is 17.0 Å². The van der Waals surface area contributed by atoms with E-state index in [-0.39, 0.29) is 6.03 Å². The summed E-state index contributed by atoms with van der Waals surface area (Å²) in [4.78, 5) is 17.8. The van der Waals surface area contributed by atoms with Gasteiger partial charge in [0.2, 0.25) is 0 Å². The molecule has 7 heteroatoms. The second-order valence-corrected chi connectivity index (χ2v) is 9.72. The summed E-state index contributed by atoms with van der Waals surface area (Å²) in [5.74, 6) is 0.887. The van der Waals surface area contributed by atoms with Crippen LogP contribution in [0.2, 0.25) is 0 Å². The van der Waals surface area contributed by atoms with E-state index in [9.17, 15) is 4.79 Å². The number of anilines is 1. The van der Waals surface area contributed by atoms with Crippen molar-refractivity contribution in [2.45, 2.75) is 64.0 Å². The second kappa shape index (κ2) is 9.29. The summed E-state index contributed by atoms with van der Waals surface area (Å²) in [5, 5.41) is 11.6. The zero-order valence-electron chi connectivity index (χ0n) is 20.2. The Hall–Kier alpha value is -3.48. The lowest BCUT2D eigenvalue weighted by Gasteiger charge is -2.30. The molecule has 0 atom stereocenters. The number of ether oxygens (including phenoxy) is 1. The third-order valence-electron chi connectivity index (χ3n) is 7.48. The Bertz CT molecular complexity index is 1270. The first-order chi connectivity index (χ1) is 17.2. The van der Waals surface area contributed by atoms with Crippen molar-refractivity contribution in [3.63, 3.8) is 0 Å². The number of aromatic nitrogens is 1. The first kappa shape index (κ1) is 22.0. The monoisotopic (exact) mass is 472 g/mol. The maximum absolute atomic E-state index is 12.3. The highest BCUT2D eigenvalue weighted by molar-refractivity contribution is 6.16. The van der Waals surface area contributed by atoms with Gasteiger partial charge in [0.25, 0.3) is 0 Å². The number of hydrogen-bond donors (Lipinski definition) is 2. The van der Waals surface area contributed by atoms with Gasteiger partial charge < -0.3 is 24.8 Å². The predicted octanol–water partition coefficient (Wildman–Crippen LogP) is 6.23. The molecule has 0 unspecified atom stereocenters. The number of urea groups is 1. The summed E-state index contributed by atoms with van der Waals surface area (Å²) >= 11 is 0. The predicted molar refractivity (Wildman–Crippen MR) is 138 cm³/mol. The lowest BCUT2D eigenvalue weighted by molar-refractivity contribution is 0.174. The Balaban J connectivity index is 1.42. The molecule has 3 aromatic rings. The Labute approximate surface area is 205 Å². The minimum absolute atomic E-state index is 0.132. The molecule has 1 aromatic heterocycles.